The van der Waals surface area contributed by atoms with E-state index in [1.54, 1.807) is 6.07 Å². The van der Waals surface area contributed by atoms with E-state index in [1.165, 1.54) is 0 Å². The molecule has 2 rings (SSSR count). The molecule has 0 fully saturated rings. The standard InChI is InChI=1S/C14H11NO/c15-9-14-12(10-16)7-4-8-13(14)11-5-2-1-3-6-11/h1-8,16H,10H2. The number of aliphatic hydroxyl groups is 1. The van der Waals surface area contributed by atoms with E-state index in [0.717, 1.165) is 11.1 Å². The van der Waals surface area contributed by atoms with E-state index in [4.69, 9.17) is 10.4 Å². The fourth-order valence-electron chi connectivity index (χ4n) is 1.72. The van der Waals surface area contributed by atoms with Crippen LogP contribution in [0.15, 0.2) is 48.5 Å². The van der Waals surface area contributed by atoms with Crippen LogP contribution in [0.3, 0.4) is 0 Å². The molecular weight excluding hydrogens is 198 g/mol. The summed E-state index contributed by atoms with van der Waals surface area (Å²) in [4.78, 5) is 0. The van der Waals surface area contributed by atoms with Gasteiger partial charge in [-0.1, -0.05) is 48.5 Å². The van der Waals surface area contributed by atoms with Crippen LogP contribution in [0.25, 0.3) is 11.1 Å². The molecule has 0 bridgehead atoms. The van der Waals surface area contributed by atoms with Crippen molar-refractivity contribution in [1.82, 2.24) is 0 Å². The van der Waals surface area contributed by atoms with Gasteiger partial charge in [0, 0.05) is 0 Å². The molecule has 0 aliphatic heterocycles. The predicted octanol–water partition coefficient (Wildman–Crippen LogP) is 2.72. The smallest absolute Gasteiger partial charge is 0.100 e. The van der Waals surface area contributed by atoms with Crippen LogP contribution >= 0.6 is 0 Å². The minimum Gasteiger partial charge on any atom is -0.392 e. The number of aliphatic hydroxyl groups excluding tert-OH is 1. The third-order valence-corrected chi connectivity index (χ3v) is 2.52. The average molecular weight is 209 g/mol. The van der Waals surface area contributed by atoms with Gasteiger partial charge >= 0.3 is 0 Å². The van der Waals surface area contributed by atoms with Gasteiger partial charge in [-0.2, -0.15) is 5.26 Å². The number of rotatable bonds is 2. The Hall–Kier alpha value is -2.11. The van der Waals surface area contributed by atoms with Crippen LogP contribution in [0.2, 0.25) is 0 Å². The summed E-state index contributed by atoms with van der Waals surface area (Å²) < 4.78 is 0. The molecule has 0 spiro atoms. The molecule has 0 amide bonds. The van der Waals surface area contributed by atoms with Crippen molar-refractivity contribution in [1.29, 1.82) is 5.26 Å². The molecule has 2 nitrogen and oxygen atoms in total. The number of benzene rings is 2. The van der Waals surface area contributed by atoms with Crippen LogP contribution in [0, 0.1) is 11.3 Å². The molecule has 0 radical (unpaired) electrons. The first-order chi connectivity index (χ1) is 7.86. The molecule has 2 heteroatoms. The van der Waals surface area contributed by atoms with Gasteiger partial charge in [0.1, 0.15) is 6.07 Å². The van der Waals surface area contributed by atoms with Gasteiger partial charge in [-0.3, -0.25) is 0 Å². The van der Waals surface area contributed by atoms with Gasteiger partial charge in [-0.05, 0) is 16.7 Å². The lowest BCUT2D eigenvalue weighted by Gasteiger charge is -2.07. The first-order valence-electron chi connectivity index (χ1n) is 5.05. The van der Waals surface area contributed by atoms with E-state index in [9.17, 15) is 0 Å². The lowest BCUT2D eigenvalue weighted by molar-refractivity contribution is 0.281. The zero-order valence-electron chi connectivity index (χ0n) is 8.72. The normalized spacial score (nSPS) is 9.75. The van der Waals surface area contributed by atoms with E-state index in [0.29, 0.717) is 11.1 Å². The van der Waals surface area contributed by atoms with Crippen molar-refractivity contribution >= 4 is 0 Å². The zero-order chi connectivity index (χ0) is 11.4. The highest BCUT2D eigenvalue weighted by atomic mass is 16.3. The third kappa shape index (κ3) is 1.81. The minimum atomic E-state index is -0.108. The molecule has 0 unspecified atom stereocenters. The monoisotopic (exact) mass is 209 g/mol. The molecule has 78 valence electrons. The van der Waals surface area contributed by atoms with Gasteiger partial charge in [-0.15, -0.1) is 0 Å². The molecule has 0 aliphatic carbocycles. The fraction of sp³-hybridized carbons (Fsp3) is 0.0714. The summed E-state index contributed by atoms with van der Waals surface area (Å²) in [5.41, 5.74) is 3.09. The first-order valence-corrected chi connectivity index (χ1v) is 5.05. The molecule has 1 N–H and O–H groups in total. The Labute approximate surface area is 94.4 Å². The Kier molecular flexibility index (Phi) is 3.00. The lowest BCUT2D eigenvalue weighted by Crippen LogP contribution is -1.92. The van der Waals surface area contributed by atoms with Crippen molar-refractivity contribution in [2.75, 3.05) is 0 Å². The SMILES string of the molecule is N#Cc1c(CO)cccc1-c1ccccc1. The van der Waals surface area contributed by atoms with Gasteiger partial charge in [-0.25, -0.2) is 0 Å². The topological polar surface area (TPSA) is 44.0 Å². The molecular formula is C14H11NO. The minimum absolute atomic E-state index is 0.108. The number of hydrogen-bond donors (Lipinski definition) is 1. The van der Waals surface area contributed by atoms with Crippen LogP contribution in [0.5, 0.6) is 0 Å². The molecule has 0 aliphatic rings. The van der Waals surface area contributed by atoms with Crippen molar-refractivity contribution < 1.29 is 5.11 Å². The van der Waals surface area contributed by atoms with Crippen molar-refractivity contribution in [3.05, 3.63) is 59.7 Å². The van der Waals surface area contributed by atoms with Crippen molar-refractivity contribution in [3.63, 3.8) is 0 Å². The van der Waals surface area contributed by atoms with E-state index < -0.39 is 0 Å². The van der Waals surface area contributed by atoms with Gasteiger partial charge in [0.05, 0.1) is 12.2 Å². The number of nitriles is 1. The Morgan fingerprint density at radius 2 is 1.75 bits per heavy atom. The lowest BCUT2D eigenvalue weighted by atomic mass is 9.96. The maximum Gasteiger partial charge on any atom is 0.100 e. The molecule has 16 heavy (non-hydrogen) atoms. The summed E-state index contributed by atoms with van der Waals surface area (Å²) in [7, 11) is 0. The maximum absolute atomic E-state index is 9.17. The Balaban J connectivity index is 2.63. The summed E-state index contributed by atoms with van der Waals surface area (Å²) in [6.07, 6.45) is 0. The molecule has 0 atom stereocenters. The number of hydrogen-bond acceptors (Lipinski definition) is 2. The van der Waals surface area contributed by atoms with Gasteiger partial charge in [0.15, 0.2) is 0 Å². The van der Waals surface area contributed by atoms with E-state index in [2.05, 4.69) is 6.07 Å². The summed E-state index contributed by atoms with van der Waals surface area (Å²) in [6, 6.07) is 17.4. The van der Waals surface area contributed by atoms with Crippen LogP contribution in [-0.4, -0.2) is 5.11 Å². The highest BCUT2D eigenvalue weighted by molar-refractivity contribution is 5.71. The average Bonchev–Trinajstić information content (AvgIpc) is 2.38. The summed E-state index contributed by atoms with van der Waals surface area (Å²) >= 11 is 0. The molecule has 0 heterocycles. The second-order valence-corrected chi connectivity index (χ2v) is 3.48. The molecule has 0 saturated heterocycles. The van der Waals surface area contributed by atoms with Crippen LogP contribution in [0.4, 0.5) is 0 Å². The molecule has 2 aromatic rings. The predicted molar refractivity (Wildman–Crippen MR) is 62.5 cm³/mol. The van der Waals surface area contributed by atoms with Gasteiger partial charge in [0.25, 0.3) is 0 Å². The summed E-state index contributed by atoms with van der Waals surface area (Å²) in [6.45, 7) is -0.108. The molecule has 2 aromatic carbocycles. The van der Waals surface area contributed by atoms with Crippen molar-refractivity contribution in [2.24, 2.45) is 0 Å². The van der Waals surface area contributed by atoms with Crippen LogP contribution in [-0.2, 0) is 6.61 Å². The third-order valence-electron chi connectivity index (χ3n) is 2.52. The van der Waals surface area contributed by atoms with Crippen molar-refractivity contribution in [3.8, 4) is 17.2 Å². The highest BCUT2D eigenvalue weighted by Crippen LogP contribution is 2.25. The Bertz CT molecular complexity index is 526. The quantitative estimate of drug-likeness (QED) is 0.826. The summed E-state index contributed by atoms with van der Waals surface area (Å²) in [5.74, 6) is 0. The highest BCUT2D eigenvalue weighted by Gasteiger charge is 2.08. The van der Waals surface area contributed by atoms with Crippen molar-refractivity contribution in [2.45, 2.75) is 6.61 Å². The van der Waals surface area contributed by atoms with E-state index in [1.807, 2.05) is 42.5 Å². The second-order valence-electron chi connectivity index (χ2n) is 3.48. The first kappa shape index (κ1) is 10.4. The summed E-state index contributed by atoms with van der Waals surface area (Å²) in [5, 5.41) is 18.3. The van der Waals surface area contributed by atoms with E-state index in [-0.39, 0.29) is 6.61 Å². The molecule has 0 aromatic heterocycles. The zero-order valence-corrected chi connectivity index (χ0v) is 8.72. The van der Waals surface area contributed by atoms with Gasteiger partial charge < -0.3 is 5.11 Å². The van der Waals surface area contributed by atoms with Crippen LogP contribution in [0.1, 0.15) is 11.1 Å². The maximum atomic E-state index is 9.17. The largest absolute Gasteiger partial charge is 0.392 e. The van der Waals surface area contributed by atoms with Crippen LogP contribution < -0.4 is 0 Å². The van der Waals surface area contributed by atoms with E-state index >= 15 is 0 Å². The molecule has 0 saturated carbocycles. The Morgan fingerprint density at radius 3 is 2.38 bits per heavy atom. The Morgan fingerprint density at radius 1 is 1.00 bits per heavy atom. The fourth-order valence-corrected chi connectivity index (χ4v) is 1.72. The van der Waals surface area contributed by atoms with Gasteiger partial charge in [0.2, 0.25) is 0 Å². The number of nitrogens with zero attached hydrogens (tertiary/aromatic N) is 1. The second kappa shape index (κ2) is 4.61.